The Kier molecular flexibility index (Phi) is 1.98. The first-order valence-corrected chi connectivity index (χ1v) is 4.70. The average molecular weight is 171 g/mol. The molecule has 2 atom stereocenters. The van der Waals surface area contributed by atoms with E-state index in [1.54, 1.807) is 0 Å². The summed E-state index contributed by atoms with van der Waals surface area (Å²) in [6.45, 7) is 0.844. The van der Waals surface area contributed by atoms with Crippen molar-refractivity contribution in [3.8, 4) is 0 Å². The van der Waals surface area contributed by atoms with Gasteiger partial charge in [-0.05, 0) is 25.1 Å². The molecule has 0 radical (unpaired) electrons. The molecule has 0 spiro atoms. The van der Waals surface area contributed by atoms with Gasteiger partial charge in [0.15, 0.2) is 0 Å². The summed E-state index contributed by atoms with van der Waals surface area (Å²) in [6, 6.07) is 0.616. The van der Waals surface area contributed by atoms with E-state index in [9.17, 15) is 0 Å². The molecule has 3 heteroatoms. The third-order valence-electron chi connectivity index (χ3n) is 2.64. The number of hydrogen-bond donors (Lipinski definition) is 1. The first-order chi connectivity index (χ1) is 5.36. The van der Waals surface area contributed by atoms with Crippen LogP contribution in [0.5, 0.6) is 0 Å². The Morgan fingerprint density at radius 1 is 1.36 bits per heavy atom. The Balaban J connectivity index is 1.98. The van der Waals surface area contributed by atoms with Gasteiger partial charge in [-0.25, -0.2) is 0 Å². The highest BCUT2D eigenvalue weighted by atomic mass is 32.1. The Labute approximate surface area is 72.3 Å². The number of thiocarbonyl (C=S) groups is 1. The number of nitrogens with one attached hydrogen (secondary N) is 1. The zero-order valence-electron chi connectivity index (χ0n) is 6.51. The van der Waals surface area contributed by atoms with E-state index in [1.807, 2.05) is 0 Å². The topological polar surface area (TPSA) is 21.3 Å². The van der Waals surface area contributed by atoms with Gasteiger partial charge in [0, 0.05) is 12.0 Å². The fourth-order valence-corrected chi connectivity index (χ4v) is 2.19. The maximum Gasteiger partial charge on any atom is 0.256 e. The molecule has 1 saturated carbocycles. The predicted molar refractivity (Wildman–Crippen MR) is 47.4 cm³/mol. The molecular weight excluding hydrogens is 158 g/mol. The maximum absolute atomic E-state index is 5.27. The summed E-state index contributed by atoms with van der Waals surface area (Å²) < 4.78 is 5.27. The largest absolute Gasteiger partial charge is 0.471 e. The SMILES string of the molecule is S=C1N[C@@H]2CCCC[C@H]2CO1. The highest BCUT2D eigenvalue weighted by molar-refractivity contribution is 7.80. The molecular formula is C8H13NOS. The summed E-state index contributed by atoms with van der Waals surface area (Å²) >= 11 is 4.94. The lowest BCUT2D eigenvalue weighted by molar-refractivity contribution is 0.130. The smallest absolute Gasteiger partial charge is 0.256 e. The van der Waals surface area contributed by atoms with Gasteiger partial charge in [0.05, 0.1) is 6.61 Å². The maximum atomic E-state index is 5.27. The van der Waals surface area contributed by atoms with Crippen molar-refractivity contribution >= 4 is 17.4 Å². The van der Waals surface area contributed by atoms with Crippen LogP contribution < -0.4 is 5.32 Å². The minimum Gasteiger partial charge on any atom is -0.471 e. The van der Waals surface area contributed by atoms with Gasteiger partial charge in [-0.2, -0.15) is 0 Å². The summed E-state index contributed by atoms with van der Waals surface area (Å²) in [4.78, 5) is 0. The van der Waals surface area contributed by atoms with Crippen LogP contribution in [0.4, 0.5) is 0 Å². The molecule has 0 aromatic heterocycles. The van der Waals surface area contributed by atoms with Crippen LogP contribution in [0, 0.1) is 5.92 Å². The predicted octanol–water partition coefficient (Wildman–Crippen LogP) is 1.45. The van der Waals surface area contributed by atoms with Gasteiger partial charge in [0.1, 0.15) is 0 Å². The number of ether oxygens (including phenoxy) is 1. The highest BCUT2D eigenvalue weighted by Gasteiger charge is 2.29. The van der Waals surface area contributed by atoms with Gasteiger partial charge in [0.25, 0.3) is 5.17 Å². The summed E-state index contributed by atoms with van der Waals surface area (Å²) in [6.07, 6.45) is 5.28. The van der Waals surface area contributed by atoms with E-state index in [0.29, 0.717) is 11.2 Å². The molecule has 11 heavy (non-hydrogen) atoms. The van der Waals surface area contributed by atoms with Gasteiger partial charge in [-0.3, -0.25) is 0 Å². The number of fused-ring (bicyclic) bond motifs is 1. The molecule has 1 aliphatic carbocycles. The van der Waals surface area contributed by atoms with Crippen molar-refractivity contribution < 1.29 is 4.74 Å². The Morgan fingerprint density at radius 2 is 2.18 bits per heavy atom. The molecule has 0 amide bonds. The van der Waals surface area contributed by atoms with Gasteiger partial charge < -0.3 is 10.1 Å². The molecule has 0 aromatic rings. The zero-order chi connectivity index (χ0) is 7.68. The second kappa shape index (κ2) is 2.97. The van der Waals surface area contributed by atoms with Crippen LogP contribution >= 0.6 is 12.2 Å². The van der Waals surface area contributed by atoms with Crippen molar-refractivity contribution in [2.24, 2.45) is 5.92 Å². The Bertz CT molecular complexity index is 171. The van der Waals surface area contributed by atoms with E-state index in [4.69, 9.17) is 17.0 Å². The second-order valence-electron chi connectivity index (χ2n) is 3.39. The van der Waals surface area contributed by atoms with Crippen LogP contribution in [0.3, 0.4) is 0 Å². The van der Waals surface area contributed by atoms with Crippen LogP contribution in [0.1, 0.15) is 25.7 Å². The first kappa shape index (κ1) is 7.35. The molecule has 0 bridgehead atoms. The van der Waals surface area contributed by atoms with Gasteiger partial charge >= 0.3 is 0 Å². The minimum absolute atomic E-state index is 0.605. The van der Waals surface area contributed by atoms with Crippen molar-refractivity contribution in [3.05, 3.63) is 0 Å². The molecule has 1 heterocycles. The molecule has 2 rings (SSSR count). The number of hydrogen-bond acceptors (Lipinski definition) is 2. The standard InChI is InChI=1S/C8H13NOS/c11-8-9-7-4-2-1-3-6(7)5-10-8/h6-7H,1-5H2,(H,9,11)/t6-,7+/m0/s1. The van der Waals surface area contributed by atoms with Crippen molar-refractivity contribution in [2.75, 3.05) is 6.61 Å². The van der Waals surface area contributed by atoms with Crippen LogP contribution in [0.25, 0.3) is 0 Å². The van der Waals surface area contributed by atoms with E-state index in [1.165, 1.54) is 25.7 Å². The third-order valence-corrected chi connectivity index (χ3v) is 2.88. The molecule has 1 saturated heterocycles. The fraction of sp³-hybridized carbons (Fsp3) is 0.875. The van der Waals surface area contributed by atoms with Crippen LogP contribution in [-0.4, -0.2) is 17.8 Å². The Morgan fingerprint density at radius 3 is 3.09 bits per heavy atom. The third kappa shape index (κ3) is 1.48. The lowest BCUT2D eigenvalue weighted by Gasteiger charge is -2.36. The lowest BCUT2D eigenvalue weighted by atomic mass is 9.84. The molecule has 2 aliphatic rings. The normalized spacial score (nSPS) is 36.9. The van der Waals surface area contributed by atoms with Crippen LogP contribution in [-0.2, 0) is 4.74 Å². The van der Waals surface area contributed by atoms with E-state index in [-0.39, 0.29) is 0 Å². The van der Waals surface area contributed by atoms with E-state index < -0.39 is 0 Å². The summed E-state index contributed by atoms with van der Waals surface area (Å²) in [5.41, 5.74) is 0. The van der Waals surface area contributed by atoms with Crippen molar-refractivity contribution in [1.82, 2.24) is 5.32 Å². The zero-order valence-corrected chi connectivity index (χ0v) is 7.32. The summed E-state index contributed by atoms with van der Waals surface area (Å²) in [5, 5.41) is 3.83. The molecule has 2 nitrogen and oxygen atoms in total. The molecule has 0 aromatic carbocycles. The summed E-state index contributed by atoms with van der Waals surface area (Å²) in [7, 11) is 0. The highest BCUT2D eigenvalue weighted by Crippen LogP contribution is 2.26. The monoisotopic (exact) mass is 171 g/mol. The molecule has 1 N–H and O–H groups in total. The molecule has 1 aliphatic heterocycles. The second-order valence-corrected chi connectivity index (χ2v) is 3.76. The number of rotatable bonds is 0. The van der Waals surface area contributed by atoms with Gasteiger partial charge in [0.2, 0.25) is 0 Å². The lowest BCUT2D eigenvalue weighted by Crippen LogP contribution is -2.49. The fourth-order valence-electron chi connectivity index (χ4n) is 1.97. The summed E-state index contributed by atoms with van der Waals surface area (Å²) in [5.74, 6) is 0.718. The van der Waals surface area contributed by atoms with Crippen molar-refractivity contribution in [3.63, 3.8) is 0 Å². The van der Waals surface area contributed by atoms with Crippen molar-refractivity contribution in [1.29, 1.82) is 0 Å². The van der Waals surface area contributed by atoms with Crippen LogP contribution in [0.15, 0.2) is 0 Å². The quantitative estimate of drug-likeness (QED) is 0.557. The van der Waals surface area contributed by atoms with E-state index >= 15 is 0 Å². The van der Waals surface area contributed by atoms with E-state index in [2.05, 4.69) is 5.32 Å². The average Bonchev–Trinajstić information content (AvgIpc) is 2.04. The minimum atomic E-state index is 0.605. The van der Waals surface area contributed by atoms with Crippen LogP contribution in [0.2, 0.25) is 0 Å². The van der Waals surface area contributed by atoms with E-state index in [0.717, 1.165) is 12.5 Å². The molecule has 0 unspecified atom stereocenters. The van der Waals surface area contributed by atoms with Gasteiger partial charge in [-0.15, -0.1) is 0 Å². The van der Waals surface area contributed by atoms with Crippen molar-refractivity contribution in [2.45, 2.75) is 31.7 Å². The first-order valence-electron chi connectivity index (χ1n) is 4.29. The van der Waals surface area contributed by atoms with Gasteiger partial charge in [-0.1, -0.05) is 12.8 Å². The molecule has 62 valence electrons. The molecule has 2 fully saturated rings. The Hall–Kier alpha value is -0.310.